The van der Waals surface area contributed by atoms with Crippen molar-refractivity contribution in [2.75, 3.05) is 7.05 Å². The lowest BCUT2D eigenvalue weighted by atomic mass is 9.98. The second kappa shape index (κ2) is 6.43. The van der Waals surface area contributed by atoms with E-state index in [1.54, 1.807) is 0 Å². The highest BCUT2D eigenvalue weighted by molar-refractivity contribution is 14.1. The second-order valence-electron chi connectivity index (χ2n) is 4.33. The van der Waals surface area contributed by atoms with Crippen LogP contribution in [-0.4, -0.2) is 7.05 Å². The highest BCUT2D eigenvalue weighted by atomic mass is 127. The van der Waals surface area contributed by atoms with Crippen molar-refractivity contribution in [2.24, 2.45) is 0 Å². The fourth-order valence-corrected chi connectivity index (χ4v) is 2.36. The van der Waals surface area contributed by atoms with Gasteiger partial charge in [0.1, 0.15) is 11.6 Å². The van der Waals surface area contributed by atoms with Gasteiger partial charge in [-0.05, 0) is 77.5 Å². The summed E-state index contributed by atoms with van der Waals surface area (Å²) in [6.07, 6.45) is 0.417. The number of likely N-dealkylation sites (N-methyl/N-ethyl adjacent to an activating group) is 1. The van der Waals surface area contributed by atoms with Gasteiger partial charge in [0.15, 0.2) is 0 Å². The lowest BCUT2D eigenvalue weighted by Crippen LogP contribution is -2.19. The molecule has 1 N–H and O–H groups in total. The van der Waals surface area contributed by atoms with Gasteiger partial charge in [-0.3, -0.25) is 0 Å². The van der Waals surface area contributed by atoms with Crippen LogP contribution >= 0.6 is 22.6 Å². The molecule has 2 aromatic carbocycles. The van der Waals surface area contributed by atoms with Crippen molar-refractivity contribution in [2.45, 2.75) is 12.5 Å². The fourth-order valence-electron chi connectivity index (χ4n) is 2.00. The lowest BCUT2D eigenvalue weighted by molar-refractivity contribution is 0.544. The Kier molecular flexibility index (Phi) is 4.87. The van der Waals surface area contributed by atoms with Crippen molar-refractivity contribution < 1.29 is 8.78 Å². The zero-order valence-electron chi connectivity index (χ0n) is 10.5. The fraction of sp³-hybridized carbons (Fsp3) is 0.200. The van der Waals surface area contributed by atoms with E-state index in [0.717, 1.165) is 15.2 Å². The maximum Gasteiger partial charge on any atom is 0.126 e. The number of nitrogens with one attached hydrogen (secondary N) is 1. The van der Waals surface area contributed by atoms with Crippen molar-refractivity contribution >= 4 is 22.6 Å². The Morgan fingerprint density at radius 3 is 2.42 bits per heavy atom. The Morgan fingerprint density at radius 2 is 1.79 bits per heavy atom. The molecule has 100 valence electrons. The smallest absolute Gasteiger partial charge is 0.126 e. The van der Waals surface area contributed by atoms with Crippen molar-refractivity contribution in [1.29, 1.82) is 0 Å². The number of halogens is 3. The highest BCUT2D eigenvalue weighted by Gasteiger charge is 2.13. The first-order chi connectivity index (χ1) is 9.10. The summed E-state index contributed by atoms with van der Waals surface area (Å²) < 4.78 is 28.0. The average molecular weight is 373 g/mol. The lowest BCUT2D eigenvalue weighted by Gasteiger charge is -2.17. The molecule has 0 fully saturated rings. The Labute approximate surface area is 125 Å². The molecular formula is C15H14F2IN. The second-order valence-corrected chi connectivity index (χ2v) is 5.58. The van der Waals surface area contributed by atoms with Crippen LogP contribution in [0.2, 0.25) is 0 Å². The molecule has 1 unspecified atom stereocenters. The summed E-state index contributed by atoms with van der Waals surface area (Å²) in [4.78, 5) is 0. The zero-order chi connectivity index (χ0) is 13.8. The number of rotatable bonds is 4. The van der Waals surface area contributed by atoms with E-state index in [1.807, 2.05) is 31.3 Å². The standard InChI is InChI=1S/C15H14F2IN/c1-19-15(10-2-5-13(18)6-3-10)9-11-8-12(16)4-7-14(11)17/h2-8,15,19H,9H2,1H3. The van der Waals surface area contributed by atoms with Crippen LogP contribution in [0.4, 0.5) is 8.78 Å². The summed E-state index contributed by atoms with van der Waals surface area (Å²) in [5.41, 5.74) is 1.45. The minimum atomic E-state index is -0.408. The van der Waals surface area contributed by atoms with Crippen molar-refractivity contribution in [1.82, 2.24) is 5.32 Å². The van der Waals surface area contributed by atoms with E-state index in [2.05, 4.69) is 27.9 Å². The van der Waals surface area contributed by atoms with E-state index in [4.69, 9.17) is 0 Å². The van der Waals surface area contributed by atoms with Gasteiger partial charge in [0, 0.05) is 9.61 Å². The minimum Gasteiger partial charge on any atom is -0.313 e. The summed E-state index contributed by atoms with van der Waals surface area (Å²) in [5.74, 6) is -0.777. The monoisotopic (exact) mass is 373 g/mol. The third kappa shape index (κ3) is 3.73. The first kappa shape index (κ1) is 14.4. The predicted molar refractivity (Wildman–Crippen MR) is 81.0 cm³/mol. The summed E-state index contributed by atoms with van der Waals surface area (Å²) >= 11 is 2.24. The molecule has 0 spiro atoms. The molecule has 2 rings (SSSR count). The molecule has 0 aromatic heterocycles. The summed E-state index contributed by atoms with van der Waals surface area (Å²) in [6, 6.07) is 11.5. The van der Waals surface area contributed by atoms with Crippen LogP contribution in [0.25, 0.3) is 0 Å². The van der Waals surface area contributed by atoms with Crippen LogP contribution < -0.4 is 5.32 Å². The van der Waals surface area contributed by atoms with Crippen LogP contribution in [0.5, 0.6) is 0 Å². The molecule has 0 saturated carbocycles. The molecule has 0 aliphatic rings. The van der Waals surface area contributed by atoms with Gasteiger partial charge in [0.25, 0.3) is 0 Å². The molecular weight excluding hydrogens is 359 g/mol. The predicted octanol–water partition coefficient (Wildman–Crippen LogP) is 4.07. The first-order valence-corrected chi connectivity index (χ1v) is 7.04. The van der Waals surface area contributed by atoms with Crippen LogP contribution in [0, 0.1) is 15.2 Å². The Morgan fingerprint density at radius 1 is 1.11 bits per heavy atom. The molecule has 1 atom stereocenters. The van der Waals surface area contributed by atoms with Gasteiger partial charge in [0.2, 0.25) is 0 Å². The van der Waals surface area contributed by atoms with Crippen LogP contribution in [0.1, 0.15) is 17.2 Å². The van der Waals surface area contributed by atoms with Gasteiger partial charge in [-0.1, -0.05) is 12.1 Å². The van der Waals surface area contributed by atoms with Crippen molar-refractivity contribution in [3.05, 3.63) is 68.8 Å². The summed E-state index contributed by atoms with van der Waals surface area (Å²) in [6.45, 7) is 0. The average Bonchev–Trinajstić information content (AvgIpc) is 2.41. The van der Waals surface area contributed by atoms with E-state index >= 15 is 0 Å². The number of benzene rings is 2. The molecule has 0 heterocycles. The maximum atomic E-state index is 13.7. The summed E-state index contributed by atoms with van der Waals surface area (Å²) in [7, 11) is 1.82. The van der Waals surface area contributed by atoms with Crippen LogP contribution in [0.15, 0.2) is 42.5 Å². The van der Waals surface area contributed by atoms with Gasteiger partial charge in [0.05, 0.1) is 0 Å². The maximum absolute atomic E-state index is 13.7. The Hall–Kier alpha value is -1.01. The topological polar surface area (TPSA) is 12.0 Å². The molecule has 0 amide bonds. The minimum absolute atomic E-state index is 0.0340. The molecule has 1 nitrogen and oxygen atoms in total. The third-order valence-electron chi connectivity index (χ3n) is 3.05. The first-order valence-electron chi connectivity index (χ1n) is 5.97. The van der Waals surface area contributed by atoms with Gasteiger partial charge in [-0.25, -0.2) is 8.78 Å². The Balaban J connectivity index is 2.23. The molecule has 4 heteroatoms. The number of hydrogen-bond acceptors (Lipinski definition) is 1. The van der Waals surface area contributed by atoms with Gasteiger partial charge in [-0.2, -0.15) is 0 Å². The normalized spacial score (nSPS) is 12.4. The third-order valence-corrected chi connectivity index (χ3v) is 3.77. The molecule has 0 radical (unpaired) electrons. The molecule has 0 bridgehead atoms. The van der Waals surface area contributed by atoms with Crippen LogP contribution in [-0.2, 0) is 6.42 Å². The van der Waals surface area contributed by atoms with Crippen LogP contribution in [0.3, 0.4) is 0 Å². The molecule has 0 aliphatic heterocycles. The molecule has 0 saturated heterocycles. The van der Waals surface area contributed by atoms with Gasteiger partial charge >= 0.3 is 0 Å². The quantitative estimate of drug-likeness (QED) is 0.797. The number of hydrogen-bond donors (Lipinski definition) is 1. The zero-order valence-corrected chi connectivity index (χ0v) is 12.6. The summed E-state index contributed by atoms with van der Waals surface area (Å²) in [5, 5.41) is 3.14. The molecule has 19 heavy (non-hydrogen) atoms. The van der Waals surface area contributed by atoms with Crippen molar-refractivity contribution in [3.8, 4) is 0 Å². The van der Waals surface area contributed by atoms with E-state index in [-0.39, 0.29) is 11.9 Å². The molecule has 2 aromatic rings. The molecule has 0 aliphatic carbocycles. The van der Waals surface area contributed by atoms with E-state index < -0.39 is 5.82 Å². The van der Waals surface area contributed by atoms with Crippen molar-refractivity contribution in [3.63, 3.8) is 0 Å². The van der Waals surface area contributed by atoms with E-state index in [0.29, 0.717) is 12.0 Å². The van der Waals surface area contributed by atoms with Gasteiger partial charge in [-0.15, -0.1) is 0 Å². The Bertz CT molecular complexity index is 555. The van der Waals surface area contributed by atoms with Gasteiger partial charge < -0.3 is 5.32 Å². The highest BCUT2D eigenvalue weighted by Crippen LogP contribution is 2.21. The van der Waals surface area contributed by atoms with E-state index in [1.165, 1.54) is 12.1 Å². The SMILES string of the molecule is CNC(Cc1cc(F)ccc1F)c1ccc(I)cc1. The van der Waals surface area contributed by atoms with E-state index in [9.17, 15) is 8.78 Å². The largest absolute Gasteiger partial charge is 0.313 e.